The molecule has 4 N–H and O–H groups in total. The van der Waals surface area contributed by atoms with Crippen molar-refractivity contribution >= 4 is 56.0 Å². The van der Waals surface area contributed by atoms with Crippen LogP contribution in [0, 0.1) is 11.3 Å². The summed E-state index contributed by atoms with van der Waals surface area (Å²) in [5, 5.41) is 12.4. The fourth-order valence-corrected chi connectivity index (χ4v) is 9.21. The molecule has 2 saturated carbocycles. The zero-order valence-corrected chi connectivity index (χ0v) is 34.5. The minimum atomic E-state index is -3.91. The molecule has 5 atom stereocenters. The number of fused-ring (bicyclic) bond motifs is 1. The zero-order valence-electron chi connectivity index (χ0n) is 32.8. The van der Waals surface area contributed by atoms with Crippen LogP contribution in [0.5, 0.6) is 11.5 Å². The van der Waals surface area contributed by atoms with Crippen LogP contribution in [0.1, 0.15) is 56.8 Å². The number of methoxy groups -OCH3 is 1. The topological polar surface area (TPSA) is 185 Å². The Hall–Kier alpha value is -5.48. The minimum absolute atomic E-state index is 0.0111. The second kappa shape index (κ2) is 16.0. The van der Waals surface area contributed by atoms with E-state index in [-0.39, 0.29) is 31.8 Å². The van der Waals surface area contributed by atoms with Crippen LogP contribution in [-0.4, -0.2) is 91.2 Å². The second-order valence-electron chi connectivity index (χ2n) is 16.2. The van der Waals surface area contributed by atoms with Gasteiger partial charge in [-0.2, -0.15) is 11.3 Å². The van der Waals surface area contributed by atoms with Gasteiger partial charge in [-0.3, -0.25) is 19.1 Å². The summed E-state index contributed by atoms with van der Waals surface area (Å²) in [6.45, 7) is 9.70. The molecule has 0 radical (unpaired) electrons. The maximum Gasteiger partial charge on any atom is 0.318 e. The molecule has 7 rings (SSSR count). The Balaban J connectivity index is 1.18. The van der Waals surface area contributed by atoms with Crippen molar-refractivity contribution < 1.29 is 37.1 Å². The maximum absolute atomic E-state index is 14.4. The van der Waals surface area contributed by atoms with Gasteiger partial charge in [0.2, 0.25) is 15.9 Å². The van der Waals surface area contributed by atoms with Crippen molar-refractivity contribution in [2.24, 2.45) is 11.3 Å². The quantitative estimate of drug-likeness (QED) is 0.127. The van der Waals surface area contributed by atoms with E-state index in [1.807, 2.05) is 74.7 Å². The number of rotatable bonds is 14. The van der Waals surface area contributed by atoms with Gasteiger partial charge in [0.1, 0.15) is 29.2 Å². The van der Waals surface area contributed by atoms with Crippen molar-refractivity contribution in [1.82, 2.24) is 30.6 Å². The standard InChI is InChI=1S/C42H48N6O8S2/c1-6-27-21-42(27,39(51)47-58(53,54)30-13-14-30)46-38(50)34-19-29(23-48(34)40(52)45-36(41(2,3)4)22-43-37(49)26-16-17-57-24-26)56-35-20-32(25-10-8-7-9-11-25)44-33-18-28(55-5)12-15-31(33)35/h6-12,15-18,20,24,27,29-30,34,36H,1,13-14,19,21-23H2,2-5H3,(H,43,49)(H,45,52)(H,46,50)(H,47,51)/t27-,29-,34+,36-,42?/m1/s1. The highest BCUT2D eigenvalue weighted by atomic mass is 32.2. The highest BCUT2D eigenvalue weighted by molar-refractivity contribution is 7.91. The number of amides is 5. The van der Waals surface area contributed by atoms with E-state index in [0.29, 0.717) is 46.5 Å². The molecule has 0 spiro atoms. The number of aromatic nitrogens is 1. The monoisotopic (exact) mass is 828 g/mol. The molecule has 2 aromatic carbocycles. The molecule has 0 bridgehead atoms. The lowest BCUT2D eigenvalue weighted by Gasteiger charge is -2.34. The van der Waals surface area contributed by atoms with Crippen molar-refractivity contribution in [1.29, 1.82) is 0 Å². The van der Waals surface area contributed by atoms with Crippen molar-refractivity contribution in [3.8, 4) is 22.8 Å². The molecule has 1 aliphatic heterocycles. The first-order chi connectivity index (χ1) is 27.6. The third-order valence-electron chi connectivity index (χ3n) is 11.0. The van der Waals surface area contributed by atoms with Crippen LogP contribution in [0.3, 0.4) is 0 Å². The van der Waals surface area contributed by atoms with E-state index in [4.69, 9.17) is 14.5 Å². The van der Waals surface area contributed by atoms with Gasteiger partial charge >= 0.3 is 6.03 Å². The van der Waals surface area contributed by atoms with Crippen molar-refractivity contribution in [3.63, 3.8) is 0 Å². The van der Waals surface area contributed by atoms with Crippen LogP contribution in [-0.2, 0) is 19.6 Å². The highest BCUT2D eigenvalue weighted by Gasteiger charge is 2.62. The number of hydrogen-bond acceptors (Lipinski definition) is 10. The van der Waals surface area contributed by atoms with Crippen LogP contribution in [0.2, 0.25) is 0 Å². The molecule has 16 heteroatoms. The average molecular weight is 829 g/mol. The van der Waals surface area contributed by atoms with Gasteiger partial charge in [0.05, 0.1) is 36.2 Å². The number of likely N-dealkylation sites (tertiary alicyclic amines) is 1. The van der Waals surface area contributed by atoms with Gasteiger partial charge in [0, 0.05) is 52.9 Å². The number of pyridine rings is 1. The highest BCUT2D eigenvalue weighted by Crippen LogP contribution is 2.45. The first-order valence-electron chi connectivity index (χ1n) is 19.2. The number of urea groups is 1. The van der Waals surface area contributed by atoms with Gasteiger partial charge in [-0.1, -0.05) is 57.2 Å². The molecule has 306 valence electrons. The fraction of sp³-hybridized carbons (Fsp3) is 0.405. The zero-order chi connectivity index (χ0) is 41.4. The number of carbonyl (C=O) groups excluding carboxylic acids is 4. The SMILES string of the molecule is C=C[C@@H]1CC1(NC(=O)[C@@H]1C[C@@H](Oc2cc(-c3ccccc3)nc3cc(OC)ccc23)CN1C(=O)N[C@H](CNC(=O)c1ccsc1)C(C)(C)C)C(=O)NS(=O)(=O)C1CC1. The molecule has 1 saturated heterocycles. The number of sulfonamides is 1. The molecular formula is C42H48N6O8S2. The molecule has 58 heavy (non-hydrogen) atoms. The van der Waals surface area contributed by atoms with Gasteiger partial charge in [-0.05, 0) is 48.3 Å². The minimum Gasteiger partial charge on any atom is -0.497 e. The van der Waals surface area contributed by atoms with E-state index < -0.39 is 68.2 Å². The number of nitrogens with zero attached hydrogens (tertiary/aromatic N) is 2. The molecular weight excluding hydrogens is 781 g/mol. The van der Waals surface area contributed by atoms with Gasteiger partial charge in [0.25, 0.3) is 11.8 Å². The first kappa shape index (κ1) is 40.7. The summed E-state index contributed by atoms with van der Waals surface area (Å²) < 4.78 is 39.9. The molecule has 2 aromatic heterocycles. The average Bonchev–Trinajstić information content (AvgIpc) is 4.07. The lowest BCUT2D eigenvalue weighted by atomic mass is 9.86. The molecule has 1 unspecified atom stereocenters. The second-order valence-corrected chi connectivity index (χ2v) is 18.9. The Morgan fingerprint density at radius 3 is 2.48 bits per heavy atom. The van der Waals surface area contributed by atoms with Crippen LogP contribution >= 0.6 is 11.3 Å². The first-order valence-corrected chi connectivity index (χ1v) is 21.7. The Labute approximate surface area is 341 Å². The number of nitrogens with one attached hydrogen (secondary N) is 4. The van der Waals surface area contributed by atoms with Crippen LogP contribution < -0.4 is 30.1 Å². The predicted octanol–water partition coefficient (Wildman–Crippen LogP) is 5.02. The van der Waals surface area contributed by atoms with Crippen LogP contribution in [0.15, 0.2) is 84.1 Å². The summed E-state index contributed by atoms with van der Waals surface area (Å²) in [7, 11) is -2.33. The van der Waals surface area contributed by atoms with E-state index in [9.17, 15) is 27.6 Å². The summed E-state index contributed by atoms with van der Waals surface area (Å²) in [6.07, 6.45) is 1.94. The number of ether oxygens (including phenoxy) is 2. The molecule has 3 aliphatic rings. The third kappa shape index (κ3) is 8.67. The lowest BCUT2D eigenvalue weighted by Crippen LogP contribution is -2.59. The van der Waals surface area contributed by atoms with E-state index in [1.165, 1.54) is 22.3 Å². The molecule has 2 aliphatic carbocycles. The van der Waals surface area contributed by atoms with Gasteiger partial charge in [-0.25, -0.2) is 18.2 Å². The van der Waals surface area contributed by atoms with Gasteiger partial charge in [0.15, 0.2) is 0 Å². The van der Waals surface area contributed by atoms with E-state index in [1.54, 1.807) is 24.6 Å². The van der Waals surface area contributed by atoms with E-state index >= 15 is 0 Å². The number of carbonyl (C=O) groups is 4. The molecule has 4 aromatic rings. The van der Waals surface area contributed by atoms with Crippen LogP contribution in [0.25, 0.3) is 22.2 Å². The number of benzene rings is 2. The van der Waals surface area contributed by atoms with Crippen molar-refractivity contribution in [2.75, 3.05) is 20.2 Å². The Morgan fingerprint density at radius 2 is 1.84 bits per heavy atom. The van der Waals surface area contributed by atoms with Crippen molar-refractivity contribution in [2.45, 2.75) is 75.4 Å². The van der Waals surface area contributed by atoms with Crippen molar-refractivity contribution in [3.05, 3.63) is 89.6 Å². The lowest BCUT2D eigenvalue weighted by molar-refractivity contribution is -0.131. The van der Waals surface area contributed by atoms with E-state index in [2.05, 4.69) is 27.3 Å². The number of thiophene rings is 1. The normalized spacial score (nSPS) is 22.1. The molecule has 14 nitrogen and oxygen atoms in total. The van der Waals surface area contributed by atoms with Gasteiger partial charge < -0.3 is 30.3 Å². The van der Waals surface area contributed by atoms with E-state index in [0.717, 1.165) is 5.56 Å². The summed E-state index contributed by atoms with van der Waals surface area (Å²) in [6, 6.07) is 16.3. The molecule has 5 amide bonds. The largest absolute Gasteiger partial charge is 0.497 e. The summed E-state index contributed by atoms with van der Waals surface area (Å²) >= 11 is 1.40. The molecule has 3 fully saturated rings. The van der Waals surface area contributed by atoms with Gasteiger partial charge in [-0.15, -0.1) is 6.58 Å². The predicted molar refractivity (Wildman–Crippen MR) is 221 cm³/mol. The summed E-state index contributed by atoms with van der Waals surface area (Å²) in [5.74, 6) is -1.18. The Kier molecular flexibility index (Phi) is 11.3. The third-order valence-corrected chi connectivity index (χ3v) is 13.5. The summed E-state index contributed by atoms with van der Waals surface area (Å²) in [4.78, 5) is 61.5. The molecule has 3 heterocycles. The maximum atomic E-state index is 14.4. The van der Waals surface area contributed by atoms with Crippen LogP contribution in [0.4, 0.5) is 4.79 Å². The Morgan fingerprint density at radius 1 is 1.09 bits per heavy atom. The summed E-state index contributed by atoms with van der Waals surface area (Å²) in [5.41, 5.74) is 0.568. The smallest absolute Gasteiger partial charge is 0.318 e. The Bertz CT molecular complexity index is 2330. The number of hydrogen-bond donors (Lipinski definition) is 4. The fourth-order valence-electron chi connectivity index (χ4n) is 7.21.